The van der Waals surface area contributed by atoms with Gasteiger partial charge in [-0.25, -0.2) is 0 Å². The van der Waals surface area contributed by atoms with Crippen molar-refractivity contribution in [3.8, 4) is 0 Å². The Bertz CT molecular complexity index is 95.4. The highest BCUT2D eigenvalue weighted by molar-refractivity contribution is 4.73. The van der Waals surface area contributed by atoms with Crippen LogP contribution in [0.2, 0.25) is 0 Å². The van der Waals surface area contributed by atoms with Crippen LogP contribution in [-0.4, -0.2) is 18.8 Å². The fourth-order valence-electron chi connectivity index (χ4n) is 1.32. The monoisotopic (exact) mass is 143 g/mol. The van der Waals surface area contributed by atoms with Crippen molar-refractivity contribution in [2.24, 2.45) is 11.7 Å². The zero-order chi connectivity index (χ0) is 7.56. The molecule has 2 nitrogen and oxygen atoms in total. The predicted octanol–water partition coefficient (Wildman–Crippen LogP) is 1.15. The summed E-state index contributed by atoms with van der Waals surface area (Å²) in [6, 6.07) is 0.287. The Morgan fingerprint density at radius 3 is 2.50 bits per heavy atom. The highest BCUT2D eigenvalue weighted by Gasteiger charge is 2.20. The topological polar surface area (TPSA) is 35.2 Å². The quantitative estimate of drug-likeness (QED) is 0.597. The Morgan fingerprint density at radius 1 is 1.40 bits per heavy atom. The van der Waals surface area contributed by atoms with E-state index in [9.17, 15) is 0 Å². The SMILES string of the molecule is CC(C)[C@H]1CC[C@H](N)CO1. The van der Waals surface area contributed by atoms with Crippen LogP contribution in [0.4, 0.5) is 0 Å². The summed E-state index contributed by atoms with van der Waals surface area (Å²) in [6.45, 7) is 5.14. The van der Waals surface area contributed by atoms with Crippen LogP contribution in [-0.2, 0) is 4.74 Å². The molecule has 1 aliphatic rings. The molecule has 2 heteroatoms. The minimum absolute atomic E-state index is 0.287. The molecule has 0 unspecified atom stereocenters. The summed E-state index contributed by atoms with van der Waals surface area (Å²) in [6.07, 6.45) is 2.72. The van der Waals surface area contributed by atoms with Crippen LogP contribution in [0.25, 0.3) is 0 Å². The smallest absolute Gasteiger partial charge is 0.0621 e. The van der Waals surface area contributed by atoms with E-state index >= 15 is 0 Å². The van der Waals surface area contributed by atoms with E-state index < -0.39 is 0 Å². The van der Waals surface area contributed by atoms with Gasteiger partial charge in [0.05, 0.1) is 12.7 Å². The van der Waals surface area contributed by atoms with E-state index in [2.05, 4.69) is 13.8 Å². The number of rotatable bonds is 1. The Labute approximate surface area is 62.7 Å². The van der Waals surface area contributed by atoms with Crippen molar-refractivity contribution in [2.45, 2.75) is 38.8 Å². The molecular weight excluding hydrogens is 126 g/mol. The maximum atomic E-state index is 5.67. The fourth-order valence-corrected chi connectivity index (χ4v) is 1.32. The van der Waals surface area contributed by atoms with Crippen LogP contribution in [0.15, 0.2) is 0 Å². The molecule has 1 rings (SSSR count). The van der Waals surface area contributed by atoms with Crippen molar-refractivity contribution in [1.29, 1.82) is 0 Å². The number of nitrogens with two attached hydrogens (primary N) is 1. The zero-order valence-electron chi connectivity index (χ0n) is 6.84. The van der Waals surface area contributed by atoms with Crippen molar-refractivity contribution in [3.05, 3.63) is 0 Å². The largest absolute Gasteiger partial charge is 0.376 e. The Hall–Kier alpha value is -0.0800. The lowest BCUT2D eigenvalue weighted by molar-refractivity contribution is -0.0207. The first-order valence-corrected chi connectivity index (χ1v) is 4.07. The molecule has 1 aliphatic heterocycles. The van der Waals surface area contributed by atoms with E-state index in [1.54, 1.807) is 0 Å². The minimum atomic E-state index is 0.287. The van der Waals surface area contributed by atoms with Crippen molar-refractivity contribution >= 4 is 0 Å². The van der Waals surface area contributed by atoms with E-state index in [1.165, 1.54) is 0 Å². The molecule has 0 aliphatic carbocycles. The van der Waals surface area contributed by atoms with Gasteiger partial charge in [-0.1, -0.05) is 13.8 Å². The summed E-state index contributed by atoms with van der Waals surface area (Å²) >= 11 is 0. The molecule has 1 saturated heterocycles. The Morgan fingerprint density at radius 2 is 2.10 bits per heavy atom. The van der Waals surface area contributed by atoms with Gasteiger partial charge >= 0.3 is 0 Å². The molecule has 10 heavy (non-hydrogen) atoms. The van der Waals surface area contributed by atoms with Gasteiger partial charge in [0.15, 0.2) is 0 Å². The third kappa shape index (κ3) is 1.96. The van der Waals surface area contributed by atoms with Gasteiger partial charge in [0.1, 0.15) is 0 Å². The highest BCUT2D eigenvalue weighted by Crippen LogP contribution is 2.18. The summed E-state index contributed by atoms with van der Waals surface area (Å²) in [7, 11) is 0. The van der Waals surface area contributed by atoms with Crippen molar-refractivity contribution < 1.29 is 4.74 Å². The third-order valence-corrected chi connectivity index (χ3v) is 2.09. The van der Waals surface area contributed by atoms with E-state index in [4.69, 9.17) is 10.5 Å². The first kappa shape index (κ1) is 8.02. The average Bonchev–Trinajstić information content (AvgIpc) is 1.88. The zero-order valence-corrected chi connectivity index (χ0v) is 6.84. The van der Waals surface area contributed by atoms with Crippen LogP contribution in [0.1, 0.15) is 26.7 Å². The van der Waals surface area contributed by atoms with Gasteiger partial charge in [-0.2, -0.15) is 0 Å². The molecular formula is C8H17NO. The molecule has 1 fully saturated rings. The lowest BCUT2D eigenvalue weighted by Gasteiger charge is -2.29. The van der Waals surface area contributed by atoms with E-state index in [0.717, 1.165) is 19.4 Å². The maximum absolute atomic E-state index is 5.67. The lowest BCUT2D eigenvalue weighted by Crippen LogP contribution is -2.37. The first-order chi connectivity index (χ1) is 4.70. The second kappa shape index (κ2) is 3.35. The number of hydrogen-bond donors (Lipinski definition) is 1. The number of ether oxygens (including phenoxy) is 1. The van der Waals surface area contributed by atoms with Crippen molar-refractivity contribution in [3.63, 3.8) is 0 Å². The molecule has 2 atom stereocenters. The third-order valence-electron chi connectivity index (χ3n) is 2.09. The van der Waals surface area contributed by atoms with E-state index in [-0.39, 0.29) is 6.04 Å². The van der Waals surface area contributed by atoms with Gasteiger partial charge in [-0.15, -0.1) is 0 Å². The van der Waals surface area contributed by atoms with Gasteiger partial charge in [0, 0.05) is 6.04 Å². The summed E-state index contributed by atoms with van der Waals surface area (Å²) in [5.74, 6) is 0.646. The second-order valence-electron chi connectivity index (χ2n) is 3.45. The van der Waals surface area contributed by atoms with Crippen LogP contribution >= 0.6 is 0 Å². The molecule has 0 spiro atoms. The predicted molar refractivity (Wildman–Crippen MR) is 41.8 cm³/mol. The number of hydrogen-bond acceptors (Lipinski definition) is 2. The molecule has 0 radical (unpaired) electrons. The highest BCUT2D eigenvalue weighted by atomic mass is 16.5. The lowest BCUT2D eigenvalue weighted by atomic mass is 9.97. The summed E-state index contributed by atoms with van der Waals surface area (Å²) in [5, 5.41) is 0. The molecule has 0 aromatic rings. The van der Waals surface area contributed by atoms with E-state index in [1.807, 2.05) is 0 Å². The molecule has 0 amide bonds. The Balaban J connectivity index is 2.26. The summed E-state index contributed by atoms with van der Waals surface area (Å²) in [4.78, 5) is 0. The van der Waals surface area contributed by atoms with Gasteiger partial charge in [0.25, 0.3) is 0 Å². The Kier molecular flexibility index (Phi) is 2.69. The molecule has 0 bridgehead atoms. The normalized spacial score (nSPS) is 34.8. The van der Waals surface area contributed by atoms with Crippen LogP contribution in [0.5, 0.6) is 0 Å². The molecule has 2 N–H and O–H groups in total. The standard InChI is InChI=1S/C8H17NO/c1-6(2)8-4-3-7(9)5-10-8/h6-8H,3-5,9H2,1-2H3/t7-,8+/m0/s1. The summed E-state index contributed by atoms with van der Waals surface area (Å²) in [5.41, 5.74) is 5.67. The second-order valence-corrected chi connectivity index (χ2v) is 3.45. The maximum Gasteiger partial charge on any atom is 0.0621 e. The first-order valence-electron chi connectivity index (χ1n) is 4.07. The van der Waals surface area contributed by atoms with Crippen molar-refractivity contribution in [1.82, 2.24) is 0 Å². The van der Waals surface area contributed by atoms with E-state index in [0.29, 0.717) is 12.0 Å². The average molecular weight is 143 g/mol. The minimum Gasteiger partial charge on any atom is -0.376 e. The van der Waals surface area contributed by atoms with Gasteiger partial charge in [-0.3, -0.25) is 0 Å². The van der Waals surface area contributed by atoms with Gasteiger partial charge in [0.2, 0.25) is 0 Å². The van der Waals surface area contributed by atoms with Crippen LogP contribution < -0.4 is 5.73 Å². The van der Waals surface area contributed by atoms with Gasteiger partial charge < -0.3 is 10.5 Å². The van der Waals surface area contributed by atoms with Crippen molar-refractivity contribution in [2.75, 3.05) is 6.61 Å². The summed E-state index contributed by atoms with van der Waals surface area (Å²) < 4.78 is 5.53. The van der Waals surface area contributed by atoms with Crippen LogP contribution in [0, 0.1) is 5.92 Å². The molecule has 60 valence electrons. The molecule has 0 aromatic heterocycles. The van der Waals surface area contributed by atoms with Gasteiger partial charge in [-0.05, 0) is 18.8 Å². The fraction of sp³-hybridized carbons (Fsp3) is 1.00. The van der Waals surface area contributed by atoms with Crippen LogP contribution in [0.3, 0.4) is 0 Å². The molecule has 1 heterocycles. The molecule has 0 aromatic carbocycles. The molecule has 0 saturated carbocycles.